The summed E-state index contributed by atoms with van der Waals surface area (Å²) in [6.07, 6.45) is 0.958. The number of furan rings is 1. The molecule has 0 spiro atoms. The summed E-state index contributed by atoms with van der Waals surface area (Å²) >= 11 is 0. The molecular formula is C16H20O6S. The van der Waals surface area contributed by atoms with E-state index in [0.29, 0.717) is 22.3 Å². The van der Waals surface area contributed by atoms with E-state index in [2.05, 4.69) is 0 Å². The third kappa shape index (κ3) is 3.85. The van der Waals surface area contributed by atoms with Crippen LogP contribution in [0.15, 0.2) is 22.6 Å². The van der Waals surface area contributed by atoms with Gasteiger partial charge in [-0.15, -0.1) is 0 Å². The predicted molar refractivity (Wildman–Crippen MR) is 86.3 cm³/mol. The SMILES string of the molecule is CCOC(=O)c1c(C(C)(C)C)oc2ccc(OS(C)(=O)=O)cc12. The fourth-order valence-corrected chi connectivity index (χ4v) is 2.69. The Morgan fingerprint density at radius 1 is 1.26 bits per heavy atom. The minimum absolute atomic E-state index is 0.117. The van der Waals surface area contributed by atoms with E-state index in [9.17, 15) is 13.2 Å². The van der Waals surface area contributed by atoms with E-state index >= 15 is 0 Å². The molecule has 0 atom stereocenters. The van der Waals surface area contributed by atoms with E-state index in [4.69, 9.17) is 13.3 Å². The Balaban J connectivity index is 2.69. The van der Waals surface area contributed by atoms with Gasteiger partial charge in [-0.2, -0.15) is 8.42 Å². The molecule has 23 heavy (non-hydrogen) atoms. The third-order valence-corrected chi connectivity index (χ3v) is 3.56. The lowest BCUT2D eigenvalue weighted by Gasteiger charge is -2.16. The van der Waals surface area contributed by atoms with Crippen molar-refractivity contribution in [3.8, 4) is 5.75 Å². The minimum atomic E-state index is -3.66. The van der Waals surface area contributed by atoms with Crippen molar-refractivity contribution in [2.45, 2.75) is 33.1 Å². The Bertz CT molecular complexity index is 839. The number of esters is 1. The van der Waals surface area contributed by atoms with Gasteiger partial charge in [0.2, 0.25) is 0 Å². The van der Waals surface area contributed by atoms with Gasteiger partial charge < -0.3 is 13.3 Å². The highest BCUT2D eigenvalue weighted by Gasteiger charge is 2.30. The number of benzene rings is 1. The zero-order valence-corrected chi connectivity index (χ0v) is 14.6. The van der Waals surface area contributed by atoms with Crippen LogP contribution in [-0.4, -0.2) is 27.2 Å². The molecule has 0 aliphatic carbocycles. The summed E-state index contributed by atoms with van der Waals surface area (Å²) in [7, 11) is -3.66. The fraction of sp³-hybridized carbons (Fsp3) is 0.438. The van der Waals surface area contributed by atoms with E-state index in [-0.39, 0.29) is 12.4 Å². The number of hydrogen-bond donors (Lipinski definition) is 0. The quantitative estimate of drug-likeness (QED) is 0.627. The first kappa shape index (κ1) is 17.3. The van der Waals surface area contributed by atoms with Crippen LogP contribution in [0, 0.1) is 0 Å². The summed E-state index contributed by atoms with van der Waals surface area (Å²) in [4.78, 5) is 12.3. The van der Waals surface area contributed by atoms with Gasteiger partial charge in [0.25, 0.3) is 0 Å². The van der Waals surface area contributed by atoms with Gasteiger partial charge in [0.15, 0.2) is 0 Å². The average molecular weight is 340 g/mol. The van der Waals surface area contributed by atoms with Crippen LogP contribution in [0.5, 0.6) is 5.75 Å². The van der Waals surface area contributed by atoms with E-state index in [0.717, 1.165) is 6.26 Å². The molecule has 0 amide bonds. The van der Waals surface area contributed by atoms with Crippen LogP contribution in [0.1, 0.15) is 43.8 Å². The van der Waals surface area contributed by atoms with Crippen molar-refractivity contribution in [3.63, 3.8) is 0 Å². The lowest BCUT2D eigenvalue weighted by molar-refractivity contribution is 0.0523. The largest absolute Gasteiger partial charge is 0.462 e. The van der Waals surface area contributed by atoms with Gasteiger partial charge in [-0.25, -0.2) is 4.79 Å². The molecule has 0 N–H and O–H groups in total. The topological polar surface area (TPSA) is 82.8 Å². The zero-order valence-electron chi connectivity index (χ0n) is 13.8. The second-order valence-electron chi connectivity index (χ2n) is 6.22. The molecule has 0 radical (unpaired) electrons. The minimum Gasteiger partial charge on any atom is -0.462 e. The molecule has 1 aromatic carbocycles. The van der Waals surface area contributed by atoms with E-state index in [1.807, 2.05) is 20.8 Å². The summed E-state index contributed by atoms with van der Waals surface area (Å²) in [5.41, 5.74) is 0.353. The monoisotopic (exact) mass is 340 g/mol. The molecule has 0 fully saturated rings. The lowest BCUT2D eigenvalue weighted by atomic mass is 9.89. The molecule has 1 aromatic heterocycles. The molecular weight excluding hydrogens is 320 g/mol. The molecule has 1 heterocycles. The summed E-state index contributed by atoms with van der Waals surface area (Å²) in [5, 5.41) is 0.467. The number of fused-ring (bicyclic) bond motifs is 1. The van der Waals surface area contributed by atoms with E-state index in [1.165, 1.54) is 12.1 Å². The van der Waals surface area contributed by atoms with Crippen molar-refractivity contribution in [2.75, 3.05) is 12.9 Å². The smallest absolute Gasteiger partial charge is 0.342 e. The van der Waals surface area contributed by atoms with Crippen LogP contribution in [0.25, 0.3) is 11.0 Å². The first-order chi connectivity index (χ1) is 10.5. The van der Waals surface area contributed by atoms with E-state index in [1.54, 1.807) is 13.0 Å². The average Bonchev–Trinajstić information content (AvgIpc) is 2.75. The molecule has 0 aliphatic rings. The first-order valence-corrected chi connectivity index (χ1v) is 8.98. The Morgan fingerprint density at radius 3 is 2.43 bits per heavy atom. The fourth-order valence-electron chi connectivity index (χ4n) is 2.24. The van der Waals surface area contributed by atoms with Gasteiger partial charge in [0.05, 0.1) is 12.9 Å². The van der Waals surface area contributed by atoms with Crippen molar-refractivity contribution in [1.82, 2.24) is 0 Å². The third-order valence-electron chi connectivity index (χ3n) is 3.07. The summed E-state index contributed by atoms with van der Waals surface area (Å²) < 4.78 is 38.4. The summed E-state index contributed by atoms with van der Waals surface area (Å²) in [6, 6.07) is 4.53. The van der Waals surface area contributed by atoms with Crippen LogP contribution < -0.4 is 4.18 Å². The normalized spacial score (nSPS) is 12.4. The van der Waals surface area contributed by atoms with E-state index < -0.39 is 21.5 Å². The second kappa shape index (κ2) is 5.88. The van der Waals surface area contributed by atoms with Crippen molar-refractivity contribution in [1.29, 1.82) is 0 Å². The van der Waals surface area contributed by atoms with Crippen LogP contribution >= 0.6 is 0 Å². The maximum Gasteiger partial charge on any atom is 0.342 e. The standard InChI is InChI=1S/C16H20O6S/c1-6-20-15(17)13-11-9-10(22-23(5,18)19)7-8-12(11)21-14(13)16(2,3)4/h7-9H,6H2,1-5H3. The molecule has 0 saturated heterocycles. The number of carbonyl (C=O) groups excluding carboxylic acids is 1. The molecule has 0 saturated carbocycles. The predicted octanol–water partition coefficient (Wildman–Crippen LogP) is 3.25. The maximum absolute atomic E-state index is 12.3. The number of carbonyl (C=O) groups is 1. The molecule has 7 heteroatoms. The van der Waals surface area contributed by atoms with Crippen LogP contribution in [0.2, 0.25) is 0 Å². The van der Waals surface area contributed by atoms with Crippen molar-refractivity contribution < 1.29 is 26.5 Å². The van der Waals surface area contributed by atoms with Crippen LogP contribution in [-0.2, 0) is 20.3 Å². The lowest BCUT2D eigenvalue weighted by Crippen LogP contribution is -2.16. The molecule has 0 bridgehead atoms. The number of rotatable bonds is 4. The highest BCUT2D eigenvalue weighted by molar-refractivity contribution is 7.86. The van der Waals surface area contributed by atoms with Crippen LogP contribution in [0.4, 0.5) is 0 Å². The summed E-state index contributed by atoms with van der Waals surface area (Å²) in [6.45, 7) is 7.70. The molecule has 126 valence electrons. The van der Waals surface area contributed by atoms with Gasteiger partial charge in [-0.1, -0.05) is 20.8 Å². The zero-order chi connectivity index (χ0) is 17.4. The molecule has 2 rings (SSSR count). The van der Waals surface area contributed by atoms with Gasteiger partial charge in [-0.3, -0.25) is 0 Å². The Hall–Kier alpha value is -2.02. The van der Waals surface area contributed by atoms with Crippen molar-refractivity contribution >= 4 is 27.1 Å². The molecule has 6 nitrogen and oxygen atoms in total. The van der Waals surface area contributed by atoms with Gasteiger partial charge in [-0.05, 0) is 25.1 Å². The Labute approximate surface area is 135 Å². The Kier molecular flexibility index (Phi) is 4.43. The highest BCUT2D eigenvalue weighted by Crippen LogP contribution is 2.36. The van der Waals surface area contributed by atoms with Gasteiger partial charge in [0, 0.05) is 10.8 Å². The Morgan fingerprint density at radius 2 is 1.91 bits per heavy atom. The van der Waals surface area contributed by atoms with Crippen molar-refractivity contribution in [2.24, 2.45) is 0 Å². The first-order valence-electron chi connectivity index (χ1n) is 7.16. The van der Waals surface area contributed by atoms with Crippen molar-refractivity contribution in [3.05, 3.63) is 29.5 Å². The second-order valence-corrected chi connectivity index (χ2v) is 7.80. The van der Waals surface area contributed by atoms with Crippen LogP contribution in [0.3, 0.4) is 0 Å². The number of ether oxygens (including phenoxy) is 1. The maximum atomic E-state index is 12.3. The highest BCUT2D eigenvalue weighted by atomic mass is 32.2. The molecule has 2 aromatic rings. The van der Waals surface area contributed by atoms with Gasteiger partial charge in [0.1, 0.15) is 22.7 Å². The molecule has 0 unspecified atom stereocenters. The number of hydrogen-bond acceptors (Lipinski definition) is 6. The van der Waals surface area contributed by atoms with Gasteiger partial charge >= 0.3 is 16.1 Å². The molecule has 0 aliphatic heterocycles. The summed E-state index contributed by atoms with van der Waals surface area (Å²) in [5.74, 6) is 0.0990.